The minimum Gasteiger partial charge on any atom is -0.481 e. The van der Waals surface area contributed by atoms with Crippen molar-refractivity contribution in [3.8, 4) is 5.88 Å². The van der Waals surface area contributed by atoms with E-state index in [-0.39, 0.29) is 23.4 Å². The number of carbonyl (C=O) groups is 1. The highest BCUT2D eigenvalue weighted by Gasteiger charge is 2.35. The number of aryl methyl sites for hydroxylation is 1. The zero-order valence-electron chi connectivity index (χ0n) is 16.4. The van der Waals surface area contributed by atoms with E-state index in [1.54, 1.807) is 25.4 Å². The smallest absolute Gasteiger partial charge is 0.216 e. The number of nitrogens with zero attached hydrogens (tertiary/aromatic N) is 1. The van der Waals surface area contributed by atoms with E-state index >= 15 is 0 Å². The Hall–Kier alpha value is -3.27. The molecule has 0 N–H and O–H groups in total. The summed E-state index contributed by atoms with van der Waals surface area (Å²) in [6, 6.07) is 17.9. The summed E-state index contributed by atoms with van der Waals surface area (Å²) in [7, 11) is 1.59. The fourth-order valence-corrected chi connectivity index (χ4v) is 4.07. The number of halogens is 1. The molecule has 4 rings (SSSR count). The number of allylic oxidation sites excluding steroid dienone is 2. The third-order valence-corrected chi connectivity index (χ3v) is 5.57. The second-order valence-electron chi connectivity index (χ2n) is 7.31. The van der Waals surface area contributed by atoms with E-state index in [9.17, 15) is 9.18 Å². The van der Waals surface area contributed by atoms with Crippen LogP contribution in [0.5, 0.6) is 5.88 Å². The number of ether oxygens (including phenoxy) is 1. The summed E-state index contributed by atoms with van der Waals surface area (Å²) >= 11 is 0. The van der Waals surface area contributed by atoms with Crippen LogP contribution in [0.15, 0.2) is 78.5 Å². The molecule has 0 aliphatic heterocycles. The van der Waals surface area contributed by atoms with Gasteiger partial charge in [-0.2, -0.15) is 0 Å². The van der Waals surface area contributed by atoms with Crippen LogP contribution in [0.1, 0.15) is 45.3 Å². The van der Waals surface area contributed by atoms with Crippen LogP contribution in [0.4, 0.5) is 4.39 Å². The second kappa shape index (κ2) is 8.00. The molecule has 0 amide bonds. The number of benzene rings is 2. The van der Waals surface area contributed by atoms with Gasteiger partial charge in [-0.25, -0.2) is 9.37 Å². The Morgan fingerprint density at radius 2 is 1.83 bits per heavy atom. The van der Waals surface area contributed by atoms with Gasteiger partial charge in [0.05, 0.1) is 7.11 Å². The molecule has 2 atom stereocenters. The molecule has 0 saturated heterocycles. The number of hydrogen-bond acceptors (Lipinski definition) is 3. The molecule has 1 heterocycles. The summed E-state index contributed by atoms with van der Waals surface area (Å²) in [4.78, 5) is 17.8. The lowest BCUT2D eigenvalue weighted by Crippen LogP contribution is -2.12. The number of aromatic nitrogens is 1. The number of carbonyl (C=O) groups excluding carboxylic acids is 1. The average Bonchev–Trinajstić information content (AvgIpc) is 3.19. The monoisotopic (exact) mass is 387 g/mol. The van der Waals surface area contributed by atoms with Crippen LogP contribution in [-0.4, -0.2) is 17.9 Å². The van der Waals surface area contributed by atoms with E-state index in [2.05, 4.69) is 4.98 Å². The maximum Gasteiger partial charge on any atom is 0.216 e. The summed E-state index contributed by atoms with van der Waals surface area (Å²) in [6.07, 6.45) is 4.42. The first-order chi connectivity index (χ1) is 14.1. The van der Waals surface area contributed by atoms with Gasteiger partial charge >= 0.3 is 0 Å². The highest BCUT2D eigenvalue weighted by molar-refractivity contribution is 6.11. The molecule has 0 saturated carbocycles. The van der Waals surface area contributed by atoms with E-state index < -0.39 is 0 Å². The average molecular weight is 387 g/mol. The van der Waals surface area contributed by atoms with Crippen molar-refractivity contribution >= 4 is 5.78 Å². The molecule has 0 radical (unpaired) electrons. The zero-order chi connectivity index (χ0) is 20.4. The molecule has 0 bridgehead atoms. The minimum absolute atomic E-state index is 0.0172. The second-order valence-corrected chi connectivity index (χ2v) is 7.31. The Balaban J connectivity index is 1.79. The lowest BCUT2D eigenvalue weighted by molar-refractivity contribution is 0.102. The molecule has 1 aliphatic rings. The number of ketones is 1. The highest BCUT2D eigenvalue weighted by Crippen LogP contribution is 2.46. The fourth-order valence-electron chi connectivity index (χ4n) is 4.07. The van der Waals surface area contributed by atoms with Crippen LogP contribution in [0.2, 0.25) is 0 Å². The van der Waals surface area contributed by atoms with Crippen LogP contribution in [0, 0.1) is 12.7 Å². The lowest BCUT2D eigenvalue weighted by atomic mass is 9.86. The van der Waals surface area contributed by atoms with Crippen molar-refractivity contribution in [2.75, 3.05) is 7.11 Å². The molecular weight excluding hydrogens is 365 g/mol. The quantitative estimate of drug-likeness (QED) is 0.534. The van der Waals surface area contributed by atoms with Gasteiger partial charge in [-0.3, -0.25) is 4.79 Å². The molecule has 146 valence electrons. The van der Waals surface area contributed by atoms with Gasteiger partial charge in [0.15, 0.2) is 5.78 Å². The first kappa shape index (κ1) is 19.1. The number of hydrogen-bond donors (Lipinski definition) is 0. The topological polar surface area (TPSA) is 39.2 Å². The van der Waals surface area contributed by atoms with E-state index in [4.69, 9.17) is 4.74 Å². The van der Waals surface area contributed by atoms with Gasteiger partial charge in [0, 0.05) is 34.7 Å². The van der Waals surface area contributed by atoms with Gasteiger partial charge in [0.1, 0.15) is 5.82 Å². The zero-order valence-corrected chi connectivity index (χ0v) is 16.4. The predicted molar refractivity (Wildman–Crippen MR) is 111 cm³/mol. The summed E-state index contributed by atoms with van der Waals surface area (Å²) < 4.78 is 18.9. The Morgan fingerprint density at radius 3 is 2.55 bits per heavy atom. The third-order valence-electron chi connectivity index (χ3n) is 5.57. The minimum atomic E-state index is -0.266. The van der Waals surface area contributed by atoms with Crippen molar-refractivity contribution in [1.29, 1.82) is 0 Å². The van der Waals surface area contributed by atoms with Gasteiger partial charge in [-0.05, 0) is 42.7 Å². The van der Waals surface area contributed by atoms with Gasteiger partial charge in [-0.15, -0.1) is 0 Å². The standard InChI is InChI=1S/C25H22FNO2/c1-16-6-3-4-7-20(16)24(28)23-15-18(17-9-11-19(26)12-10-17)14-22(23)21-8-5-13-27-25(21)29-2/h3-13,15,18,22H,14H2,1-2H3. The van der Waals surface area contributed by atoms with Crippen molar-refractivity contribution in [2.45, 2.75) is 25.2 Å². The molecular formula is C25H22FNO2. The van der Waals surface area contributed by atoms with Crippen LogP contribution in [-0.2, 0) is 0 Å². The van der Waals surface area contributed by atoms with Gasteiger partial charge in [-0.1, -0.05) is 48.5 Å². The normalized spacial score (nSPS) is 18.4. The molecule has 1 aromatic heterocycles. The summed E-state index contributed by atoms with van der Waals surface area (Å²) in [5.74, 6) is 0.163. The van der Waals surface area contributed by atoms with Crippen molar-refractivity contribution in [3.05, 3.63) is 107 Å². The van der Waals surface area contributed by atoms with Crippen molar-refractivity contribution < 1.29 is 13.9 Å². The van der Waals surface area contributed by atoms with E-state index in [0.717, 1.165) is 22.3 Å². The molecule has 3 nitrogen and oxygen atoms in total. The Morgan fingerprint density at radius 1 is 1.07 bits per heavy atom. The van der Waals surface area contributed by atoms with Gasteiger partial charge in [0.25, 0.3) is 0 Å². The molecule has 2 aromatic carbocycles. The lowest BCUT2D eigenvalue weighted by Gasteiger charge is -2.18. The van der Waals surface area contributed by atoms with Gasteiger partial charge < -0.3 is 4.74 Å². The summed E-state index contributed by atoms with van der Waals surface area (Å²) in [5.41, 5.74) is 4.27. The van der Waals surface area contributed by atoms with Crippen LogP contribution in [0.3, 0.4) is 0 Å². The van der Waals surface area contributed by atoms with Crippen molar-refractivity contribution in [3.63, 3.8) is 0 Å². The Kier molecular flexibility index (Phi) is 5.26. The maximum atomic E-state index is 13.5. The third kappa shape index (κ3) is 3.70. The first-order valence-corrected chi connectivity index (χ1v) is 9.65. The molecule has 0 fully saturated rings. The number of methoxy groups -OCH3 is 1. The highest BCUT2D eigenvalue weighted by atomic mass is 19.1. The van der Waals surface area contributed by atoms with E-state index in [1.165, 1.54) is 12.1 Å². The fraction of sp³-hybridized carbons (Fsp3) is 0.200. The van der Waals surface area contributed by atoms with Crippen molar-refractivity contribution in [1.82, 2.24) is 4.98 Å². The number of Topliss-reactive ketones (excluding diaryl/α,β-unsaturated/α-hetero) is 1. The number of rotatable bonds is 5. The van der Waals surface area contributed by atoms with E-state index in [0.29, 0.717) is 17.9 Å². The van der Waals surface area contributed by atoms with E-state index in [1.807, 2.05) is 49.4 Å². The molecule has 0 spiro atoms. The molecule has 3 aromatic rings. The SMILES string of the molecule is COc1ncccc1C1CC(c2ccc(F)cc2)C=C1C(=O)c1ccccc1C. The molecule has 2 unspecified atom stereocenters. The maximum absolute atomic E-state index is 13.5. The Bertz CT molecular complexity index is 1070. The molecule has 29 heavy (non-hydrogen) atoms. The van der Waals surface area contributed by atoms with Crippen LogP contribution >= 0.6 is 0 Å². The summed E-state index contributed by atoms with van der Waals surface area (Å²) in [5, 5.41) is 0. The summed E-state index contributed by atoms with van der Waals surface area (Å²) in [6.45, 7) is 1.94. The van der Waals surface area contributed by atoms with Crippen LogP contribution < -0.4 is 4.74 Å². The Labute approximate surface area is 169 Å². The van der Waals surface area contributed by atoms with Crippen LogP contribution in [0.25, 0.3) is 0 Å². The predicted octanol–water partition coefficient (Wildman–Crippen LogP) is 5.62. The number of pyridine rings is 1. The van der Waals surface area contributed by atoms with Gasteiger partial charge in [0.2, 0.25) is 5.88 Å². The van der Waals surface area contributed by atoms with Crippen molar-refractivity contribution in [2.24, 2.45) is 0 Å². The molecule has 1 aliphatic carbocycles. The molecule has 4 heteroatoms. The first-order valence-electron chi connectivity index (χ1n) is 9.65. The largest absolute Gasteiger partial charge is 0.481 e.